The fourth-order valence-electron chi connectivity index (χ4n) is 4.12. The molecule has 1 aromatic carbocycles. The second kappa shape index (κ2) is 6.97. The first-order chi connectivity index (χ1) is 12.9. The average molecular weight is 364 g/mol. The fraction of sp³-hybridized carbons (Fsp3) is 0.455. The molecule has 0 radical (unpaired) electrons. The Labute approximate surface area is 160 Å². The number of aryl methyl sites for hydroxylation is 1. The summed E-state index contributed by atoms with van der Waals surface area (Å²) in [7, 11) is 0. The molecule has 1 saturated carbocycles. The van der Waals surface area contributed by atoms with Crippen LogP contribution in [0.3, 0.4) is 0 Å². The van der Waals surface area contributed by atoms with Gasteiger partial charge >= 0.3 is 0 Å². The molecule has 5 heteroatoms. The third-order valence-electron chi connectivity index (χ3n) is 5.78. The number of nitrogens with zero attached hydrogens (tertiary/aromatic N) is 3. The Hall–Kier alpha value is -2.40. The summed E-state index contributed by atoms with van der Waals surface area (Å²) in [5.41, 5.74) is 3.71. The fourth-order valence-corrected chi connectivity index (χ4v) is 4.12. The van der Waals surface area contributed by atoms with Gasteiger partial charge in [0.15, 0.2) is 5.65 Å². The van der Waals surface area contributed by atoms with Gasteiger partial charge in [-0.3, -0.25) is 0 Å². The summed E-state index contributed by atoms with van der Waals surface area (Å²) in [4.78, 5) is 4.84. The molecule has 3 aromatic rings. The van der Waals surface area contributed by atoms with Crippen molar-refractivity contribution in [2.45, 2.75) is 58.1 Å². The SMILES string of the molecule is Cc1cccc(-c2cnn3ccc(N[C@H]4CC[C@H](C(C)(C)O)CC4)nc23)c1. The summed E-state index contributed by atoms with van der Waals surface area (Å²) >= 11 is 0. The van der Waals surface area contributed by atoms with Crippen molar-refractivity contribution in [2.24, 2.45) is 5.92 Å². The molecule has 0 saturated heterocycles. The maximum Gasteiger partial charge on any atom is 0.165 e. The van der Waals surface area contributed by atoms with Crippen molar-refractivity contribution in [3.05, 3.63) is 48.3 Å². The number of rotatable bonds is 4. The molecule has 1 aliphatic carbocycles. The van der Waals surface area contributed by atoms with Crippen LogP contribution in [0.1, 0.15) is 45.1 Å². The molecule has 142 valence electrons. The molecule has 0 unspecified atom stereocenters. The van der Waals surface area contributed by atoms with Crippen LogP contribution in [0, 0.1) is 12.8 Å². The predicted molar refractivity (Wildman–Crippen MR) is 109 cm³/mol. The molecule has 0 aliphatic heterocycles. The minimum atomic E-state index is -0.581. The molecule has 0 bridgehead atoms. The molecule has 1 aliphatic rings. The van der Waals surface area contributed by atoms with Gasteiger partial charge in [0, 0.05) is 17.8 Å². The molecule has 2 aromatic heterocycles. The van der Waals surface area contributed by atoms with Gasteiger partial charge in [0.2, 0.25) is 0 Å². The lowest BCUT2D eigenvalue weighted by Gasteiger charge is -2.36. The number of hydrogen-bond acceptors (Lipinski definition) is 4. The zero-order valence-electron chi connectivity index (χ0n) is 16.3. The Morgan fingerprint density at radius 2 is 1.93 bits per heavy atom. The lowest BCUT2D eigenvalue weighted by molar-refractivity contribution is -0.000401. The average Bonchev–Trinajstić information content (AvgIpc) is 3.05. The van der Waals surface area contributed by atoms with E-state index in [2.05, 4.69) is 41.6 Å². The molecule has 0 spiro atoms. The Bertz CT molecular complexity index is 933. The summed E-state index contributed by atoms with van der Waals surface area (Å²) in [6.45, 7) is 5.94. The lowest BCUT2D eigenvalue weighted by Crippen LogP contribution is -2.37. The molecule has 2 heterocycles. The monoisotopic (exact) mass is 364 g/mol. The number of hydrogen-bond donors (Lipinski definition) is 2. The molecule has 0 atom stereocenters. The van der Waals surface area contributed by atoms with Gasteiger partial charge in [0.25, 0.3) is 0 Å². The first-order valence-corrected chi connectivity index (χ1v) is 9.80. The van der Waals surface area contributed by atoms with Crippen LogP contribution in [0.4, 0.5) is 5.82 Å². The van der Waals surface area contributed by atoms with Gasteiger partial charge in [-0.2, -0.15) is 5.10 Å². The highest BCUT2D eigenvalue weighted by atomic mass is 16.3. The van der Waals surface area contributed by atoms with Gasteiger partial charge in [-0.1, -0.05) is 29.8 Å². The zero-order chi connectivity index (χ0) is 19.0. The largest absolute Gasteiger partial charge is 0.390 e. The van der Waals surface area contributed by atoms with Crippen LogP contribution in [0.15, 0.2) is 42.7 Å². The van der Waals surface area contributed by atoms with E-state index in [4.69, 9.17) is 4.98 Å². The summed E-state index contributed by atoms with van der Waals surface area (Å²) in [6, 6.07) is 10.8. The van der Waals surface area contributed by atoms with E-state index in [0.717, 1.165) is 48.3 Å². The maximum absolute atomic E-state index is 10.2. The number of fused-ring (bicyclic) bond motifs is 1. The smallest absolute Gasteiger partial charge is 0.165 e. The number of benzene rings is 1. The Morgan fingerprint density at radius 3 is 2.63 bits per heavy atom. The highest BCUT2D eigenvalue weighted by Gasteiger charge is 2.31. The summed E-state index contributed by atoms with van der Waals surface area (Å²) in [5, 5.41) is 18.3. The summed E-state index contributed by atoms with van der Waals surface area (Å²) in [5.74, 6) is 1.28. The van der Waals surface area contributed by atoms with Crippen molar-refractivity contribution >= 4 is 11.5 Å². The van der Waals surface area contributed by atoms with Crippen LogP contribution < -0.4 is 5.32 Å². The number of nitrogens with one attached hydrogen (secondary N) is 1. The summed E-state index contributed by atoms with van der Waals surface area (Å²) < 4.78 is 1.83. The molecule has 1 fully saturated rings. The van der Waals surface area contributed by atoms with E-state index in [1.165, 1.54) is 5.56 Å². The molecule has 2 N–H and O–H groups in total. The Morgan fingerprint density at radius 1 is 1.15 bits per heavy atom. The first-order valence-electron chi connectivity index (χ1n) is 9.80. The Balaban J connectivity index is 1.53. The van der Waals surface area contributed by atoms with Crippen LogP contribution in [0.25, 0.3) is 16.8 Å². The summed E-state index contributed by atoms with van der Waals surface area (Å²) in [6.07, 6.45) is 8.06. The molecule has 4 rings (SSSR count). The normalized spacial score (nSPS) is 20.7. The molecule has 5 nitrogen and oxygen atoms in total. The van der Waals surface area contributed by atoms with Crippen molar-refractivity contribution in [1.29, 1.82) is 0 Å². The molecular weight excluding hydrogens is 336 g/mol. The second-order valence-electron chi connectivity index (χ2n) is 8.36. The molecule has 27 heavy (non-hydrogen) atoms. The first kappa shape index (κ1) is 18.0. The minimum Gasteiger partial charge on any atom is -0.390 e. The highest BCUT2D eigenvalue weighted by molar-refractivity contribution is 5.78. The van der Waals surface area contributed by atoms with Crippen LogP contribution in [0.2, 0.25) is 0 Å². The minimum absolute atomic E-state index is 0.383. The van der Waals surface area contributed by atoms with Crippen molar-refractivity contribution in [2.75, 3.05) is 5.32 Å². The van der Waals surface area contributed by atoms with Gasteiger partial charge < -0.3 is 10.4 Å². The number of anilines is 1. The van der Waals surface area contributed by atoms with Crippen LogP contribution in [-0.4, -0.2) is 31.3 Å². The Kier molecular flexibility index (Phi) is 4.64. The van der Waals surface area contributed by atoms with E-state index >= 15 is 0 Å². The van der Waals surface area contributed by atoms with E-state index < -0.39 is 5.60 Å². The molecule has 0 amide bonds. The maximum atomic E-state index is 10.2. The third kappa shape index (κ3) is 3.83. The van der Waals surface area contributed by atoms with E-state index in [9.17, 15) is 5.11 Å². The van der Waals surface area contributed by atoms with Gasteiger partial charge in [0.05, 0.1) is 11.8 Å². The van der Waals surface area contributed by atoms with Gasteiger partial charge in [-0.15, -0.1) is 0 Å². The van der Waals surface area contributed by atoms with Crippen LogP contribution in [0.5, 0.6) is 0 Å². The van der Waals surface area contributed by atoms with Crippen LogP contribution in [-0.2, 0) is 0 Å². The lowest BCUT2D eigenvalue weighted by atomic mass is 9.77. The second-order valence-corrected chi connectivity index (χ2v) is 8.36. The quantitative estimate of drug-likeness (QED) is 0.718. The zero-order valence-corrected chi connectivity index (χ0v) is 16.3. The van der Waals surface area contributed by atoms with E-state index in [-0.39, 0.29) is 0 Å². The van der Waals surface area contributed by atoms with Crippen LogP contribution >= 0.6 is 0 Å². The van der Waals surface area contributed by atoms with Crippen molar-refractivity contribution in [1.82, 2.24) is 14.6 Å². The third-order valence-corrected chi connectivity index (χ3v) is 5.78. The number of aliphatic hydroxyl groups is 1. The van der Waals surface area contributed by atoms with E-state index in [1.807, 2.05) is 36.8 Å². The van der Waals surface area contributed by atoms with Crippen molar-refractivity contribution < 1.29 is 5.11 Å². The van der Waals surface area contributed by atoms with E-state index in [0.29, 0.717) is 12.0 Å². The number of aromatic nitrogens is 3. The highest BCUT2D eigenvalue weighted by Crippen LogP contribution is 2.33. The van der Waals surface area contributed by atoms with Gasteiger partial charge in [-0.25, -0.2) is 9.50 Å². The van der Waals surface area contributed by atoms with Gasteiger partial charge in [0.1, 0.15) is 5.82 Å². The predicted octanol–water partition coefficient (Wildman–Crippen LogP) is 4.45. The standard InChI is InChI=1S/C22H28N4O/c1-15-5-4-6-16(13-15)19-14-23-26-12-11-20(25-21(19)26)24-18-9-7-17(8-10-18)22(2,3)27/h4-6,11-14,17-18,27H,7-10H2,1-3H3,(H,24,25)/t17-,18-. The van der Waals surface area contributed by atoms with Crippen molar-refractivity contribution in [3.8, 4) is 11.1 Å². The van der Waals surface area contributed by atoms with E-state index in [1.54, 1.807) is 0 Å². The molecular formula is C22H28N4O. The van der Waals surface area contributed by atoms with Gasteiger partial charge in [-0.05, 0) is 64.0 Å². The topological polar surface area (TPSA) is 62.5 Å². The van der Waals surface area contributed by atoms with Crippen molar-refractivity contribution in [3.63, 3.8) is 0 Å².